The van der Waals surface area contributed by atoms with Gasteiger partial charge in [-0.1, -0.05) is 22.4 Å². The van der Waals surface area contributed by atoms with Gasteiger partial charge in [0.1, 0.15) is 0 Å². The van der Waals surface area contributed by atoms with Crippen LogP contribution in [0.2, 0.25) is 0 Å². The Labute approximate surface area is 128 Å². The molecule has 0 aliphatic carbocycles. The number of carbonyl (C=O) groups excluding carboxylic acids is 2. The van der Waals surface area contributed by atoms with Crippen LogP contribution in [0.1, 0.15) is 27.7 Å². The van der Waals surface area contributed by atoms with E-state index in [1.165, 1.54) is 0 Å². The largest absolute Gasteiger partial charge is 0.437 e. The van der Waals surface area contributed by atoms with Crippen molar-refractivity contribution < 1.29 is 19.3 Å². The summed E-state index contributed by atoms with van der Waals surface area (Å²) >= 11 is 0. The summed E-state index contributed by atoms with van der Waals surface area (Å²) in [6.45, 7) is 6.76. The first-order valence-corrected chi connectivity index (χ1v) is 6.46. The fourth-order valence-electron chi connectivity index (χ4n) is 1.23. The summed E-state index contributed by atoms with van der Waals surface area (Å²) in [5.74, 6) is 0. The van der Waals surface area contributed by atoms with Gasteiger partial charge in [0, 0.05) is 0 Å². The van der Waals surface area contributed by atoms with Gasteiger partial charge in [0.25, 0.3) is 0 Å². The normalized spacial score (nSPS) is 9.27. The minimum absolute atomic E-state index is 0.339. The van der Waals surface area contributed by atoms with Crippen molar-refractivity contribution in [1.29, 1.82) is 0 Å². The van der Waals surface area contributed by atoms with Gasteiger partial charge in [-0.15, -0.1) is 0 Å². The molecule has 0 fully saturated rings. The van der Waals surface area contributed by atoms with E-state index >= 15 is 0 Å². The first-order chi connectivity index (χ1) is 10.4. The SMILES string of the molecule is CC(C)=NOC(=O)Nc1ccccc1NC(=O)ON=C(C)C. The summed E-state index contributed by atoms with van der Waals surface area (Å²) in [5.41, 5.74) is 1.87. The van der Waals surface area contributed by atoms with Crippen molar-refractivity contribution in [3.63, 3.8) is 0 Å². The highest BCUT2D eigenvalue weighted by molar-refractivity contribution is 5.95. The molecule has 2 N–H and O–H groups in total. The average Bonchev–Trinajstić information content (AvgIpc) is 2.45. The Kier molecular flexibility index (Phi) is 6.55. The Bertz CT molecular complexity index is 550. The molecule has 1 rings (SSSR count). The van der Waals surface area contributed by atoms with Crippen molar-refractivity contribution in [1.82, 2.24) is 0 Å². The van der Waals surface area contributed by atoms with Gasteiger partial charge in [0.05, 0.1) is 22.8 Å². The van der Waals surface area contributed by atoms with E-state index in [-0.39, 0.29) is 0 Å². The number of rotatable bonds is 4. The highest BCUT2D eigenvalue weighted by Crippen LogP contribution is 2.21. The second kappa shape index (κ2) is 8.40. The molecule has 0 bridgehead atoms. The Balaban J connectivity index is 2.73. The molecule has 0 spiro atoms. The van der Waals surface area contributed by atoms with E-state index in [4.69, 9.17) is 0 Å². The molecule has 0 atom stereocenters. The number of nitrogens with zero attached hydrogens (tertiary/aromatic N) is 2. The molecule has 0 radical (unpaired) electrons. The first-order valence-electron chi connectivity index (χ1n) is 6.46. The lowest BCUT2D eigenvalue weighted by molar-refractivity contribution is 0.165. The number of carbonyl (C=O) groups is 2. The van der Waals surface area contributed by atoms with Gasteiger partial charge >= 0.3 is 12.2 Å². The summed E-state index contributed by atoms with van der Waals surface area (Å²) in [4.78, 5) is 32.4. The predicted molar refractivity (Wildman–Crippen MR) is 84.2 cm³/mol. The maximum Gasteiger partial charge on any atom is 0.437 e. The first kappa shape index (κ1) is 17.2. The van der Waals surface area contributed by atoms with Gasteiger partial charge in [-0.3, -0.25) is 20.3 Å². The molecule has 2 amide bonds. The number of hydrogen-bond acceptors (Lipinski definition) is 6. The lowest BCUT2D eigenvalue weighted by Crippen LogP contribution is -2.16. The van der Waals surface area contributed by atoms with Crippen LogP contribution in [0.25, 0.3) is 0 Å². The zero-order valence-corrected chi connectivity index (χ0v) is 12.8. The third-order valence-corrected chi connectivity index (χ3v) is 2.02. The number of amides is 2. The standard InChI is InChI=1S/C14H18N4O4/c1-9(2)17-21-13(19)15-11-7-5-6-8-12(11)16-14(20)22-18-10(3)4/h5-8H,1-4H3,(H,15,19)(H,16,20). The van der Waals surface area contributed by atoms with Crippen molar-refractivity contribution >= 4 is 35.0 Å². The van der Waals surface area contributed by atoms with E-state index in [0.29, 0.717) is 22.8 Å². The molecule has 8 heteroatoms. The van der Waals surface area contributed by atoms with E-state index in [1.807, 2.05) is 0 Å². The third-order valence-electron chi connectivity index (χ3n) is 2.02. The average molecular weight is 306 g/mol. The monoisotopic (exact) mass is 306 g/mol. The van der Waals surface area contributed by atoms with Crippen LogP contribution < -0.4 is 10.6 Å². The molecule has 22 heavy (non-hydrogen) atoms. The second-order valence-electron chi connectivity index (χ2n) is 4.63. The van der Waals surface area contributed by atoms with Crippen LogP contribution in [-0.4, -0.2) is 23.6 Å². The minimum Gasteiger partial charge on any atom is -0.298 e. The van der Waals surface area contributed by atoms with Crippen LogP contribution in [0.5, 0.6) is 0 Å². The lowest BCUT2D eigenvalue weighted by Gasteiger charge is -2.10. The van der Waals surface area contributed by atoms with E-state index in [2.05, 4.69) is 30.6 Å². The molecule has 0 aromatic heterocycles. The van der Waals surface area contributed by atoms with Crippen molar-refractivity contribution in [2.75, 3.05) is 10.6 Å². The van der Waals surface area contributed by atoms with Crippen molar-refractivity contribution in [2.24, 2.45) is 10.3 Å². The van der Waals surface area contributed by atoms with Gasteiger partial charge in [0.2, 0.25) is 0 Å². The van der Waals surface area contributed by atoms with Gasteiger partial charge in [0.15, 0.2) is 0 Å². The van der Waals surface area contributed by atoms with Gasteiger partial charge in [-0.05, 0) is 39.8 Å². The summed E-state index contributed by atoms with van der Waals surface area (Å²) in [6.07, 6.45) is -1.54. The zero-order chi connectivity index (χ0) is 16.5. The molecule has 0 aliphatic rings. The highest BCUT2D eigenvalue weighted by Gasteiger charge is 2.10. The molecule has 0 saturated heterocycles. The summed E-state index contributed by atoms with van der Waals surface area (Å²) in [6, 6.07) is 6.56. The Morgan fingerprint density at radius 3 is 1.50 bits per heavy atom. The van der Waals surface area contributed by atoms with Gasteiger partial charge < -0.3 is 0 Å². The number of anilines is 2. The summed E-state index contributed by atoms with van der Waals surface area (Å²) in [7, 11) is 0. The van der Waals surface area contributed by atoms with Crippen LogP contribution in [0.3, 0.4) is 0 Å². The van der Waals surface area contributed by atoms with Crippen molar-refractivity contribution in [3.05, 3.63) is 24.3 Å². The van der Waals surface area contributed by atoms with E-state index < -0.39 is 12.2 Å². The minimum atomic E-state index is -0.772. The molecular weight excluding hydrogens is 288 g/mol. The molecule has 1 aromatic carbocycles. The molecule has 0 aliphatic heterocycles. The quantitative estimate of drug-likeness (QED) is 0.504. The topological polar surface area (TPSA) is 101 Å². The van der Waals surface area contributed by atoms with Crippen LogP contribution in [0.4, 0.5) is 21.0 Å². The molecule has 1 aromatic rings. The van der Waals surface area contributed by atoms with Crippen LogP contribution in [0, 0.1) is 0 Å². The maximum atomic E-state index is 11.6. The van der Waals surface area contributed by atoms with E-state index in [9.17, 15) is 9.59 Å². The second-order valence-corrected chi connectivity index (χ2v) is 4.63. The molecule has 0 saturated carbocycles. The molecule has 0 unspecified atom stereocenters. The molecule has 118 valence electrons. The number of hydrogen-bond donors (Lipinski definition) is 2. The van der Waals surface area contributed by atoms with Crippen LogP contribution >= 0.6 is 0 Å². The zero-order valence-electron chi connectivity index (χ0n) is 12.8. The number of para-hydroxylation sites is 2. The van der Waals surface area contributed by atoms with Crippen LogP contribution in [-0.2, 0) is 9.68 Å². The summed E-state index contributed by atoms with van der Waals surface area (Å²) in [5, 5.41) is 12.0. The van der Waals surface area contributed by atoms with Gasteiger partial charge in [-0.2, -0.15) is 0 Å². The Hall–Kier alpha value is -2.90. The Morgan fingerprint density at radius 2 is 1.18 bits per heavy atom. The lowest BCUT2D eigenvalue weighted by atomic mass is 10.2. The highest BCUT2D eigenvalue weighted by atomic mass is 16.7. The molecule has 0 heterocycles. The number of nitrogens with one attached hydrogen (secondary N) is 2. The van der Waals surface area contributed by atoms with Crippen molar-refractivity contribution in [3.8, 4) is 0 Å². The maximum absolute atomic E-state index is 11.6. The number of benzene rings is 1. The smallest absolute Gasteiger partial charge is 0.298 e. The number of oxime groups is 2. The molecular formula is C14H18N4O4. The fourth-order valence-corrected chi connectivity index (χ4v) is 1.23. The fraction of sp³-hybridized carbons (Fsp3) is 0.286. The summed E-state index contributed by atoms with van der Waals surface area (Å²) < 4.78 is 0. The molecule has 8 nitrogen and oxygen atoms in total. The predicted octanol–water partition coefficient (Wildman–Crippen LogP) is 3.58. The third kappa shape index (κ3) is 6.51. The van der Waals surface area contributed by atoms with E-state index in [1.54, 1.807) is 52.0 Å². The van der Waals surface area contributed by atoms with Crippen LogP contribution in [0.15, 0.2) is 34.6 Å². The Morgan fingerprint density at radius 1 is 0.818 bits per heavy atom. The van der Waals surface area contributed by atoms with E-state index in [0.717, 1.165) is 0 Å². The van der Waals surface area contributed by atoms with Gasteiger partial charge in [-0.25, -0.2) is 9.59 Å². The van der Waals surface area contributed by atoms with Crippen molar-refractivity contribution in [2.45, 2.75) is 27.7 Å².